The van der Waals surface area contributed by atoms with Crippen molar-refractivity contribution in [3.05, 3.63) is 58.1 Å². The van der Waals surface area contributed by atoms with Crippen LogP contribution >= 0.6 is 0 Å². The van der Waals surface area contributed by atoms with Crippen LogP contribution in [0.3, 0.4) is 0 Å². The Bertz CT molecular complexity index is 987. The Balaban J connectivity index is 2.36. The molecule has 2 aromatic carbocycles. The van der Waals surface area contributed by atoms with Crippen molar-refractivity contribution in [2.75, 3.05) is 0 Å². The minimum atomic E-state index is -3.92. The van der Waals surface area contributed by atoms with Crippen LogP contribution in [0.25, 0.3) is 0 Å². The zero-order valence-corrected chi connectivity index (χ0v) is 15.9. The minimum absolute atomic E-state index is 0.0808. The van der Waals surface area contributed by atoms with E-state index in [-0.39, 0.29) is 17.1 Å². The van der Waals surface area contributed by atoms with Crippen LogP contribution in [0.1, 0.15) is 26.3 Å². The largest absolute Gasteiger partial charge is 0.450 e. The summed E-state index contributed by atoms with van der Waals surface area (Å²) in [7, 11) is -3.92. The van der Waals surface area contributed by atoms with Crippen molar-refractivity contribution in [3.63, 3.8) is 0 Å². The van der Waals surface area contributed by atoms with Gasteiger partial charge in [0.1, 0.15) is 5.75 Å². The molecular weight excluding hydrogens is 370 g/mol. The highest BCUT2D eigenvalue weighted by Gasteiger charge is 2.26. The van der Waals surface area contributed by atoms with E-state index in [2.05, 4.69) is 4.72 Å². The Kier molecular flexibility index (Phi) is 5.83. The summed E-state index contributed by atoms with van der Waals surface area (Å²) >= 11 is 0. The van der Waals surface area contributed by atoms with Crippen molar-refractivity contribution in [2.45, 2.75) is 37.6 Å². The molecule has 0 radical (unpaired) electrons. The van der Waals surface area contributed by atoms with Gasteiger partial charge in [0, 0.05) is 11.6 Å². The van der Waals surface area contributed by atoms with E-state index in [9.17, 15) is 18.5 Å². The summed E-state index contributed by atoms with van der Waals surface area (Å²) in [5.41, 5.74) is -0.407. The van der Waals surface area contributed by atoms with E-state index in [0.29, 0.717) is 5.75 Å². The Hall–Kier alpha value is -2.96. The fourth-order valence-corrected chi connectivity index (χ4v) is 3.69. The van der Waals surface area contributed by atoms with Gasteiger partial charge in [-0.1, -0.05) is 12.1 Å². The highest BCUT2D eigenvalue weighted by Crippen LogP contribution is 2.33. The van der Waals surface area contributed by atoms with E-state index in [4.69, 9.17) is 10.00 Å². The maximum absolute atomic E-state index is 12.4. The van der Waals surface area contributed by atoms with Gasteiger partial charge in [0.25, 0.3) is 0 Å². The van der Waals surface area contributed by atoms with Crippen LogP contribution in [0, 0.1) is 21.4 Å². The van der Waals surface area contributed by atoms with E-state index < -0.39 is 26.2 Å². The predicted molar refractivity (Wildman–Crippen MR) is 99.0 cm³/mol. The van der Waals surface area contributed by atoms with Crippen molar-refractivity contribution < 1.29 is 18.1 Å². The SMILES string of the molecule is CC(C)(C)NS(=O)(=O)c1ccc(Oc2ccc(CC#N)cc2)c([N+](=O)[O-])c1. The van der Waals surface area contributed by atoms with E-state index >= 15 is 0 Å². The Morgan fingerprint density at radius 3 is 2.33 bits per heavy atom. The lowest BCUT2D eigenvalue weighted by Gasteiger charge is -2.20. The van der Waals surface area contributed by atoms with Gasteiger partial charge in [0.15, 0.2) is 0 Å². The molecule has 0 aliphatic rings. The molecule has 0 aliphatic heterocycles. The van der Waals surface area contributed by atoms with Crippen LogP contribution in [0.5, 0.6) is 11.5 Å². The van der Waals surface area contributed by atoms with Gasteiger partial charge in [-0.15, -0.1) is 0 Å². The summed E-state index contributed by atoms with van der Waals surface area (Å²) in [4.78, 5) is 10.5. The normalized spacial score (nSPS) is 11.6. The number of nitriles is 1. The summed E-state index contributed by atoms with van der Waals surface area (Å²) in [6.07, 6.45) is 0.244. The van der Waals surface area contributed by atoms with Crippen LogP contribution in [0.4, 0.5) is 5.69 Å². The second-order valence-corrected chi connectivity index (χ2v) is 8.51. The first-order valence-corrected chi connectivity index (χ1v) is 9.46. The maximum Gasteiger partial charge on any atom is 0.312 e. The summed E-state index contributed by atoms with van der Waals surface area (Å²) in [6, 6.07) is 12.0. The summed E-state index contributed by atoms with van der Waals surface area (Å²) < 4.78 is 32.8. The average Bonchev–Trinajstić information content (AvgIpc) is 2.54. The number of nitrogens with zero attached hydrogens (tertiary/aromatic N) is 2. The zero-order chi connectivity index (χ0) is 20.2. The van der Waals surface area contributed by atoms with Crippen molar-refractivity contribution >= 4 is 15.7 Å². The molecule has 0 saturated heterocycles. The van der Waals surface area contributed by atoms with Crippen LogP contribution in [0.2, 0.25) is 0 Å². The number of sulfonamides is 1. The highest BCUT2D eigenvalue weighted by atomic mass is 32.2. The van der Waals surface area contributed by atoms with Crippen molar-refractivity contribution in [1.82, 2.24) is 4.72 Å². The van der Waals surface area contributed by atoms with Crippen LogP contribution < -0.4 is 9.46 Å². The van der Waals surface area contributed by atoms with Gasteiger partial charge in [0.2, 0.25) is 15.8 Å². The number of nitro benzene ring substituents is 1. The number of rotatable bonds is 6. The third-order valence-corrected chi connectivity index (χ3v) is 5.07. The number of benzene rings is 2. The molecule has 2 rings (SSSR count). The first kappa shape index (κ1) is 20.4. The second kappa shape index (κ2) is 7.73. The number of hydrogen-bond acceptors (Lipinski definition) is 6. The molecule has 1 N–H and O–H groups in total. The summed E-state index contributed by atoms with van der Waals surface area (Å²) in [5, 5.41) is 20.1. The molecule has 0 atom stereocenters. The molecule has 27 heavy (non-hydrogen) atoms. The standard InChI is InChI=1S/C18H19N3O5S/c1-18(2,3)20-27(24,25)15-8-9-17(16(12-15)21(22)23)26-14-6-4-13(5-7-14)10-11-19/h4-9,12,20H,10H2,1-3H3. The molecule has 142 valence electrons. The first-order chi connectivity index (χ1) is 12.5. The number of ether oxygens (including phenoxy) is 1. The lowest BCUT2D eigenvalue weighted by molar-refractivity contribution is -0.385. The van der Waals surface area contributed by atoms with Gasteiger partial charge >= 0.3 is 5.69 Å². The Labute approximate surface area is 157 Å². The second-order valence-electron chi connectivity index (χ2n) is 6.82. The molecule has 0 heterocycles. The third kappa shape index (κ3) is 5.51. The van der Waals surface area contributed by atoms with Gasteiger partial charge in [-0.25, -0.2) is 13.1 Å². The summed E-state index contributed by atoms with van der Waals surface area (Å²) in [5.74, 6) is 0.256. The maximum atomic E-state index is 12.4. The molecule has 0 aliphatic carbocycles. The Morgan fingerprint density at radius 1 is 1.19 bits per heavy atom. The molecule has 0 spiro atoms. The van der Waals surface area contributed by atoms with Crippen LogP contribution in [-0.4, -0.2) is 18.9 Å². The molecule has 9 heteroatoms. The van der Waals surface area contributed by atoms with E-state index in [1.165, 1.54) is 12.1 Å². The van der Waals surface area contributed by atoms with Gasteiger partial charge in [-0.2, -0.15) is 5.26 Å². The lowest BCUT2D eigenvalue weighted by Crippen LogP contribution is -2.40. The molecule has 0 fully saturated rings. The molecular formula is C18H19N3O5S. The highest BCUT2D eigenvalue weighted by molar-refractivity contribution is 7.89. The first-order valence-electron chi connectivity index (χ1n) is 7.98. The lowest BCUT2D eigenvalue weighted by atomic mass is 10.1. The molecule has 0 amide bonds. The smallest absolute Gasteiger partial charge is 0.312 e. The number of nitrogens with one attached hydrogen (secondary N) is 1. The van der Waals surface area contributed by atoms with Gasteiger partial charge in [0.05, 0.1) is 22.3 Å². The monoisotopic (exact) mass is 389 g/mol. The van der Waals surface area contributed by atoms with Crippen molar-refractivity contribution in [1.29, 1.82) is 5.26 Å². The predicted octanol–water partition coefficient (Wildman–Crippen LogP) is 3.53. The average molecular weight is 389 g/mol. The molecule has 0 bridgehead atoms. The fraction of sp³-hybridized carbons (Fsp3) is 0.278. The zero-order valence-electron chi connectivity index (χ0n) is 15.1. The minimum Gasteiger partial charge on any atom is -0.450 e. The van der Waals surface area contributed by atoms with E-state index in [1.807, 2.05) is 6.07 Å². The van der Waals surface area contributed by atoms with E-state index in [1.54, 1.807) is 45.0 Å². The topological polar surface area (TPSA) is 122 Å². The quantitative estimate of drug-likeness (QED) is 0.595. The molecule has 0 aromatic heterocycles. The van der Waals surface area contributed by atoms with Gasteiger partial charge in [-0.05, 0) is 50.6 Å². The van der Waals surface area contributed by atoms with E-state index in [0.717, 1.165) is 11.6 Å². The van der Waals surface area contributed by atoms with Crippen molar-refractivity contribution in [2.24, 2.45) is 0 Å². The van der Waals surface area contributed by atoms with Crippen LogP contribution in [-0.2, 0) is 16.4 Å². The summed E-state index contributed by atoms with van der Waals surface area (Å²) in [6.45, 7) is 5.02. The molecule has 8 nitrogen and oxygen atoms in total. The van der Waals surface area contributed by atoms with Crippen LogP contribution in [0.15, 0.2) is 47.4 Å². The number of hydrogen-bond donors (Lipinski definition) is 1. The Morgan fingerprint density at radius 2 is 1.81 bits per heavy atom. The fourth-order valence-electron chi connectivity index (χ4n) is 2.25. The third-order valence-electron chi connectivity index (χ3n) is 3.31. The van der Waals surface area contributed by atoms with Crippen molar-refractivity contribution in [3.8, 4) is 17.6 Å². The van der Waals surface area contributed by atoms with Gasteiger partial charge < -0.3 is 4.74 Å². The molecule has 0 unspecified atom stereocenters. The van der Waals surface area contributed by atoms with Gasteiger partial charge in [-0.3, -0.25) is 10.1 Å². The molecule has 0 saturated carbocycles. The molecule has 2 aromatic rings. The number of nitro groups is 1.